The minimum atomic E-state index is -0.547. The Morgan fingerprint density at radius 3 is 2.69 bits per heavy atom. The quantitative estimate of drug-likeness (QED) is 0.373. The maximum Gasteiger partial charge on any atom is 0.310 e. The second kappa shape index (κ2) is 10.1. The van der Waals surface area contributed by atoms with Crippen LogP contribution in [-0.2, 0) is 20.7 Å². The Kier molecular flexibility index (Phi) is 6.79. The molecular weight excluding hydrogens is 491 g/mol. The Morgan fingerprint density at radius 2 is 1.94 bits per heavy atom. The predicted octanol–water partition coefficient (Wildman–Crippen LogP) is 6.09. The normalized spacial score (nSPS) is 20.6. The van der Waals surface area contributed by atoms with Crippen molar-refractivity contribution < 1.29 is 23.2 Å². The number of hydrogen-bond acceptors (Lipinski definition) is 6. The molecule has 0 spiro atoms. The lowest BCUT2D eigenvalue weighted by molar-refractivity contribution is -0.152. The number of carbonyl (C=O) groups is 2. The van der Waals surface area contributed by atoms with Gasteiger partial charge in [0.05, 0.1) is 34.7 Å². The largest absolute Gasteiger partial charge is 0.467 e. The predicted molar refractivity (Wildman–Crippen MR) is 131 cm³/mol. The molecule has 0 N–H and O–H groups in total. The zero-order valence-corrected chi connectivity index (χ0v) is 20.2. The minimum absolute atomic E-state index is 0.0213. The number of carbonyl (C=O) groups excluding carboxylic acids is 2. The van der Waals surface area contributed by atoms with E-state index >= 15 is 0 Å². The minimum Gasteiger partial charge on any atom is -0.467 e. The molecule has 1 saturated carbocycles. The number of nitrogens with zero attached hydrogens (tertiary/aromatic N) is 2. The van der Waals surface area contributed by atoms with Crippen LogP contribution in [0.5, 0.6) is 0 Å². The first-order valence-electron chi connectivity index (χ1n) is 11.3. The van der Waals surface area contributed by atoms with Crippen LogP contribution in [0.15, 0.2) is 74.5 Å². The molecule has 0 bridgehead atoms. The number of hydrazone groups is 1. The number of halogens is 2. The van der Waals surface area contributed by atoms with Crippen molar-refractivity contribution in [2.24, 2.45) is 11.0 Å². The molecule has 35 heavy (non-hydrogen) atoms. The number of ether oxygens (including phenoxy) is 1. The van der Waals surface area contributed by atoms with E-state index in [1.807, 2.05) is 24.3 Å². The molecule has 1 aliphatic carbocycles. The number of hydrogen-bond donors (Lipinski definition) is 0. The van der Waals surface area contributed by atoms with Crippen LogP contribution >= 0.6 is 23.2 Å². The van der Waals surface area contributed by atoms with E-state index in [9.17, 15) is 9.59 Å². The first kappa shape index (κ1) is 23.5. The number of furan rings is 2. The van der Waals surface area contributed by atoms with Crippen molar-refractivity contribution >= 4 is 46.9 Å². The van der Waals surface area contributed by atoms with Crippen LogP contribution in [0.3, 0.4) is 0 Å². The molecule has 2 atom stereocenters. The fourth-order valence-corrected chi connectivity index (χ4v) is 4.89. The summed E-state index contributed by atoms with van der Waals surface area (Å²) < 4.78 is 16.4. The standard InChI is InChI=1S/C26H22Cl2N2O5/c27-20-9-8-16(12-21(20)28)13-24(32)35-15-23(31)30-26(22-7-3-11-34-22)19-6-1-4-17(25(19)29-30)14-18-5-2-10-33-18/h2-3,5,7-12,14,19,26H,1,4,6,13,15H2. The van der Waals surface area contributed by atoms with Gasteiger partial charge in [-0.3, -0.25) is 9.59 Å². The van der Waals surface area contributed by atoms with Crippen LogP contribution in [0.25, 0.3) is 6.08 Å². The van der Waals surface area contributed by atoms with E-state index in [2.05, 4.69) is 0 Å². The van der Waals surface area contributed by atoms with Crippen molar-refractivity contribution in [2.75, 3.05) is 6.61 Å². The van der Waals surface area contributed by atoms with Gasteiger partial charge in [0, 0.05) is 5.92 Å². The molecule has 180 valence electrons. The Hall–Kier alpha value is -3.29. The van der Waals surface area contributed by atoms with Crippen LogP contribution in [0.1, 0.15) is 42.4 Å². The van der Waals surface area contributed by atoms with E-state index in [4.69, 9.17) is 41.9 Å². The lowest BCUT2D eigenvalue weighted by Gasteiger charge is -2.27. The molecule has 0 saturated heterocycles. The smallest absolute Gasteiger partial charge is 0.310 e. The van der Waals surface area contributed by atoms with Crippen LogP contribution in [0.4, 0.5) is 0 Å². The summed E-state index contributed by atoms with van der Waals surface area (Å²) in [6.45, 7) is -0.432. The summed E-state index contributed by atoms with van der Waals surface area (Å²) in [5, 5.41) is 6.85. The van der Waals surface area contributed by atoms with Crippen molar-refractivity contribution in [3.05, 3.63) is 87.7 Å². The Balaban J connectivity index is 1.33. The maximum absolute atomic E-state index is 13.2. The zero-order chi connectivity index (χ0) is 24.4. The summed E-state index contributed by atoms with van der Waals surface area (Å²) >= 11 is 11.9. The molecule has 7 nitrogen and oxygen atoms in total. The van der Waals surface area contributed by atoms with Crippen molar-refractivity contribution in [1.82, 2.24) is 5.01 Å². The van der Waals surface area contributed by atoms with Gasteiger partial charge in [0.15, 0.2) is 6.61 Å². The third kappa shape index (κ3) is 5.06. The molecule has 3 aromatic rings. The first-order valence-corrected chi connectivity index (χ1v) is 12.0. The average Bonchev–Trinajstić information content (AvgIpc) is 3.61. The Bertz CT molecular complexity index is 1280. The van der Waals surface area contributed by atoms with E-state index in [-0.39, 0.29) is 12.3 Å². The SMILES string of the molecule is O=C(Cc1ccc(Cl)c(Cl)c1)OCC(=O)N1N=C2C(=Cc3ccco3)CCCC2C1c1ccco1. The van der Waals surface area contributed by atoms with Crippen molar-refractivity contribution in [3.8, 4) is 0 Å². The van der Waals surface area contributed by atoms with E-state index < -0.39 is 24.5 Å². The number of benzene rings is 1. The highest BCUT2D eigenvalue weighted by molar-refractivity contribution is 6.42. The number of amides is 1. The van der Waals surface area contributed by atoms with Gasteiger partial charge in [-0.2, -0.15) is 5.10 Å². The number of allylic oxidation sites excluding steroid dienone is 1. The molecule has 5 rings (SSSR count). The Labute approximate surface area is 211 Å². The maximum atomic E-state index is 13.2. The van der Waals surface area contributed by atoms with Gasteiger partial charge in [0.1, 0.15) is 17.6 Å². The van der Waals surface area contributed by atoms with Gasteiger partial charge < -0.3 is 13.6 Å². The molecule has 2 unspecified atom stereocenters. The molecule has 1 aliphatic heterocycles. The number of fused-ring (bicyclic) bond motifs is 1. The van der Waals surface area contributed by atoms with Gasteiger partial charge >= 0.3 is 5.97 Å². The molecule has 1 aromatic carbocycles. The summed E-state index contributed by atoms with van der Waals surface area (Å²) in [6.07, 6.45) is 7.79. The van der Waals surface area contributed by atoms with Crippen LogP contribution < -0.4 is 0 Å². The fourth-order valence-electron chi connectivity index (χ4n) is 4.57. The van der Waals surface area contributed by atoms with E-state index in [0.29, 0.717) is 21.4 Å². The molecule has 2 aromatic heterocycles. The van der Waals surface area contributed by atoms with Crippen LogP contribution in [0.2, 0.25) is 10.0 Å². The summed E-state index contributed by atoms with van der Waals surface area (Å²) in [7, 11) is 0. The van der Waals surface area contributed by atoms with E-state index in [0.717, 1.165) is 36.3 Å². The summed E-state index contributed by atoms with van der Waals surface area (Å²) in [5.41, 5.74) is 2.51. The lowest BCUT2D eigenvalue weighted by atomic mass is 9.79. The van der Waals surface area contributed by atoms with Crippen molar-refractivity contribution in [3.63, 3.8) is 0 Å². The number of rotatable bonds is 6. The second-order valence-electron chi connectivity index (χ2n) is 8.45. The molecule has 1 fully saturated rings. The highest BCUT2D eigenvalue weighted by atomic mass is 35.5. The molecule has 0 radical (unpaired) electrons. The van der Waals surface area contributed by atoms with Crippen molar-refractivity contribution in [1.29, 1.82) is 0 Å². The summed E-state index contributed by atoms with van der Waals surface area (Å²) in [5.74, 6) is 0.386. The number of esters is 1. The fraction of sp³-hybridized carbons (Fsp3) is 0.269. The summed E-state index contributed by atoms with van der Waals surface area (Å²) in [4.78, 5) is 25.6. The lowest BCUT2D eigenvalue weighted by Crippen LogP contribution is -2.34. The first-order chi connectivity index (χ1) is 17.0. The molecule has 3 heterocycles. The monoisotopic (exact) mass is 512 g/mol. The Morgan fingerprint density at radius 1 is 1.11 bits per heavy atom. The van der Waals surface area contributed by atoms with Gasteiger partial charge in [0.25, 0.3) is 5.91 Å². The van der Waals surface area contributed by atoms with Gasteiger partial charge in [-0.25, -0.2) is 5.01 Å². The van der Waals surface area contributed by atoms with Gasteiger partial charge in [-0.1, -0.05) is 29.3 Å². The van der Waals surface area contributed by atoms with Gasteiger partial charge in [-0.05, 0) is 72.9 Å². The molecular formula is C26H22Cl2N2O5. The second-order valence-corrected chi connectivity index (χ2v) is 9.27. The molecule has 1 amide bonds. The van der Waals surface area contributed by atoms with Crippen molar-refractivity contribution in [2.45, 2.75) is 31.7 Å². The van der Waals surface area contributed by atoms with Gasteiger partial charge in [-0.15, -0.1) is 0 Å². The van der Waals surface area contributed by atoms with Gasteiger partial charge in [0.2, 0.25) is 0 Å². The third-order valence-corrected chi connectivity index (χ3v) is 6.88. The molecule has 2 aliphatic rings. The average molecular weight is 513 g/mol. The topological polar surface area (TPSA) is 85.3 Å². The van der Waals surface area contributed by atoms with Crippen LogP contribution in [-0.4, -0.2) is 29.2 Å². The summed E-state index contributed by atoms with van der Waals surface area (Å²) in [6, 6.07) is 11.8. The zero-order valence-electron chi connectivity index (χ0n) is 18.7. The highest BCUT2D eigenvalue weighted by Crippen LogP contribution is 2.44. The third-order valence-electron chi connectivity index (χ3n) is 6.14. The highest BCUT2D eigenvalue weighted by Gasteiger charge is 2.45. The molecule has 9 heteroatoms. The van der Waals surface area contributed by atoms with Crippen LogP contribution in [0, 0.1) is 5.92 Å². The van der Waals surface area contributed by atoms with E-state index in [1.54, 1.807) is 36.8 Å². The van der Waals surface area contributed by atoms with E-state index in [1.165, 1.54) is 5.01 Å².